The largest absolute Gasteiger partial charge is 0.382 e. The van der Waals surface area contributed by atoms with Crippen LogP contribution in [-0.4, -0.2) is 13.1 Å². The molecule has 0 saturated heterocycles. The second-order valence-electron chi connectivity index (χ2n) is 2.40. The first-order valence-electron chi connectivity index (χ1n) is 5.53. The van der Waals surface area contributed by atoms with Crippen LogP contribution in [0.4, 0.5) is 11.4 Å². The second-order valence-corrected chi connectivity index (χ2v) is 2.40. The molecule has 2 rings (SSSR count). The molecule has 0 fully saturated rings. The fraction of sp³-hybridized carbons (Fsp3) is 0.500. The van der Waals surface area contributed by atoms with Gasteiger partial charge >= 0.3 is 0 Å². The lowest BCUT2D eigenvalue weighted by atomic mass is 10.2. The summed E-state index contributed by atoms with van der Waals surface area (Å²) in [7, 11) is 0. The van der Waals surface area contributed by atoms with Crippen molar-refractivity contribution in [3.63, 3.8) is 0 Å². The van der Waals surface area contributed by atoms with Crippen molar-refractivity contribution in [1.29, 1.82) is 0 Å². The maximum Gasteiger partial charge on any atom is 0.0576 e. The molecule has 0 saturated carbocycles. The molecule has 0 aromatic heterocycles. The molecule has 2 heteroatoms. The zero-order valence-electron chi connectivity index (χ0n) is 9.72. The highest BCUT2D eigenvalue weighted by molar-refractivity contribution is 5.70. The summed E-state index contributed by atoms with van der Waals surface area (Å²) in [4.78, 5) is 0. The van der Waals surface area contributed by atoms with Crippen LogP contribution in [0.5, 0.6) is 0 Å². The maximum absolute atomic E-state index is 3.30. The minimum Gasteiger partial charge on any atom is -0.382 e. The molecule has 80 valence electrons. The molecular formula is C12H22N2. The fourth-order valence-electron chi connectivity index (χ4n) is 1.19. The van der Waals surface area contributed by atoms with Gasteiger partial charge in [0, 0.05) is 13.1 Å². The van der Waals surface area contributed by atoms with Gasteiger partial charge in [-0.15, -0.1) is 0 Å². The van der Waals surface area contributed by atoms with Crippen LogP contribution in [-0.2, 0) is 0 Å². The van der Waals surface area contributed by atoms with Gasteiger partial charge in [0.2, 0.25) is 0 Å². The molecule has 14 heavy (non-hydrogen) atoms. The molecule has 1 heterocycles. The third kappa shape index (κ3) is 3.69. The number of benzene rings is 1. The number of anilines is 2. The van der Waals surface area contributed by atoms with Crippen LogP contribution in [0.25, 0.3) is 0 Å². The highest BCUT2D eigenvalue weighted by Crippen LogP contribution is 2.22. The molecule has 2 N–H and O–H groups in total. The smallest absolute Gasteiger partial charge is 0.0576 e. The minimum atomic E-state index is 1.02. The molecule has 0 spiro atoms. The Hall–Kier alpha value is -1.18. The van der Waals surface area contributed by atoms with Gasteiger partial charge in [-0.2, -0.15) is 0 Å². The van der Waals surface area contributed by atoms with E-state index in [0.717, 1.165) is 13.1 Å². The van der Waals surface area contributed by atoms with E-state index < -0.39 is 0 Å². The van der Waals surface area contributed by atoms with Gasteiger partial charge < -0.3 is 10.6 Å². The van der Waals surface area contributed by atoms with E-state index in [1.807, 2.05) is 39.8 Å². The topological polar surface area (TPSA) is 24.1 Å². The number of hydrogen-bond acceptors (Lipinski definition) is 2. The van der Waals surface area contributed by atoms with Crippen LogP contribution in [0.3, 0.4) is 0 Å². The van der Waals surface area contributed by atoms with Gasteiger partial charge in [0.1, 0.15) is 0 Å². The van der Waals surface area contributed by atoms with Crippen molar-refractivity contribution in [2.24, 2.45) is 0 Å². The molecule has 0 bridgehead atoms. The summed E-state index contributed by atoms with van der Waals surface area (Å²) in [6.07, 6.45) is 0. The van der Waals surface area contributed by atoms with Gasteiger partial charge in [0.15, 0.2) is 0 Å². The number of rotatable bonds is 0. The highest BCUT2D eigenvalue weighted by atomic mass is 15.0. The Labute approximate surface area is 87.7 Å². The van der Waals surface area contributed by atoms with Gasteiger partial charge in [-0.25, -0.2) is 0 Å². The van der Waals surface area contributed by atoms with Crippen LogP contribution in [0.15, 0.2) is 24.3 Å². The van der Waals surface area contributed by atoms with Crippen molar-refractivity contribution in [2.45, 2.75) is 27.7 Å². The molecule has 1 aromatic carbocycles. The van der Waals surface area contributed by atoms with Gasteiger partial charge in [0.05, 0.1) is 11.4 Å². The quantitative estimate of drug-likeness (QED) is 0.659. The van der Waals surface area contributed by atoms with Gasteiger partial charge in [-0.3, -0.25) is 0 Å². The summed E-state index contributed by atoms with van der Waals surface area (Å²) in [5, 5.41) is 6.60. The van der Waals surface area contributed by atoms with E-state index in [9.17, 15) is 0 Å². The maximum atomic E-state index is 3.30. The lowest BCUT2D eigenvalue weighted by Gasteiger charge is -2.18. The Morgan fingerprint density at radius 1 is 0.786 bits per heavy atom. The average molecular weight is 194 g/mol. The third-order valence-corrected chi connectivity index (χ3v) is 1.68. The molecule has 1 aliphatic heterocycles. The standard InChI is InChI=1S/C8H10N2.2C2H6/c1-2-4-8-7(3-1)9-5-6-10-8;2*1-2/h1-4,9-10H,5-6H2;2*1-2H3. The molecule has 0 amide bonds. The van der Waals surface area contributed by atoms with Gasteiger partial charge in [-0.05, 0) is 12.1 Å². The third-order valence-electron chi connectivity index (χ3n) is 1.68. The first-order valence-corrected chi connectivity index (χ1v) is 5.53. The lowest BCUT2D eigenvalue weighted by Crippen LogP contribution is -2.19. The van der Waals surface area contributed by atoms with E-state index in [1.165, 1.54) is 11.4 Å². The van der Waals surface area contributed by atoms with Crippen LogP contribution < -0.4 is 10.6 Å². The predicted octanol–water partition coefficient (Wildman–Crippen LogP) is 3.58. The van der Waals surface area contributed by atoms with Crippen molar-refractivity contribution in [1.82, 2.24) is 0 Å². The molecule has 0 unspecified atom stereocenters. The van der Waals surface area contributed by atoms with Crippen LogP contribution in [0.2, 0.25) is 0 Å². The Bertz CT molecular complexity index is 209. The van der Waals surface area contributed by atoms with Crippen LogP contribution >= 0.6 is 0 Å². The molecule has 0 atom stereocenters. The highest BCUT2D eigenvalue weighted by Gasteiger charge is 2.03. The first-order chi connectivity index (χ1) is 6.97. The summed E-state index contributed by atoms with van der Waals surface area (Å²) in [5.74, 6) is 0. The summed E-state index contributed by atoms with van der Waals surface area (Å²) in [6, 6.07) is 8.25. The first kappa shape index (κ1) is 12.8. The lowest BCUT2D eigenvalue weighted by molar-refractivity contribution is 1.05. The predicted molar refractivity (Wildman–Crippen MR) is 66.1 cm³/mol. The van der Waals surface area contributed by atoms with Crippen LogP contribution in [0, 0.1) is 0 Å². The van der Waals surface area contributed by atoms with Gasteiger partial charge in [0.25, 0.3) is 0 Å². The van der Waals surface area contributed by atoms with Crippen molar-refractivity contribution in [3.8, 4) is 0 Å². The van der Waals surface area contributed by atoms with Crippen molar-refractivity contribution >= 4 is 11.4 Å². The number of hydrogen-bond donors (Lipinski definition) is 2. The zero-order chi connectivity index (χ0) is 10.8. The van der Waals surface area contributed by atoms with Crippen molar-refractivity contribution < 1.29 is 0 Å². The summed E-state index contributed by atoms with van der Waals surface area (Å²) in [5.41, 5.74) is 2.43. The fourth-order valence-corrected chi connectivity index (χ4v) is 1.19. The zero-order valence-corrected chi connectivity index (χ0v) is 9.72. The number of fused-ring (bicyclic) bond motifs is 1. The Morgan fingerprint density at radius 2 is 1.14 bits per heavy atom. The van der Waals surface area contributed by atoms with E-state index in [2.05, 4.69) is 22.8 Å². The SMILES string of the molecule is CC.CC.c1ccc2c(c1)NCCN2. The van der Waals surface area contributed by atoms with E-state index in [4.69, 9.17) is 0 Å². The Balaban J connectivity index is 0.000000379. The van der Waals surface area contributed by atoms with E-state index in [1.54, 1.807) is 0 Å². The van der Waals surface area contributed by atoms with E-state index >= 15 is 0 Å². The minimum absolute atomic E-state index is 1.02. The monoisotopic (exact) mass is 194 g/mol. The molecule has 0 aliphatic carbocycles. The van der Waals surface area contributed by atoms with Crippen molar-refractivity contribution in [3.05, 3.63) is 24.3 Å². The van der Waals surface area contributed by atoms with Crippen molar-refractivity contribution in [2.75, 3.05) is 23.7 Å². The van der Waals surface area contributed by atoms with E-state index in [0.29, 0.717) is 0 Å². The van der Waals surface area contributed by atoms with Gasteiger partial charge in [-0.1, -0.05) is 39.8 Å². The normalized spacial score (nSPS) is 11.4. The van der Waals surface area contributed by atoms with E-state index in [-0.39, 0.29) is 0 Å². The Morgan fingerprint density at radius 3 is 1.50 bits per heavy atom. The number of para-hydroxylation sites is 2. The van der Waals surface area contributed by atoms with Crippen LogP contribution in [0.1, 0.15) is 27.7 Å². The molecular weight excluding hydrogens is 172 g/mol. The number of nitrogens with one attached hydrogen (secondary N) is 2. The molecule has 1 aliphatic rings. The summed E-state index contributed by atoms with van der Waals surface area (Å²) in [6.45, 7) is 10.0. The Kier molecular flexibility index (Phi) is 7.71. The molecule has 0 radical (unpaired) electrons. The molecule has 2 nitrogen and oxygen atoms in total. The molecule has 1 aromatic rings. The average Bonchev–Trinajstić information content (AvgIpc) is 2.34. The second kappa shape index (κ2) is 8.42. The summed E-state index contributed by atoms with van der Waals surface area (Å²) >= 11 is 0. The summed E-state index contributed by atoms with van der Waals surface area (Å²) < 4.78 is 0.